The summed E-state index contributed by atoms with van der Waals surface area (Å²) in [5, 5.41) is 6.53. The Balaban J connectivity index is 1.54. The minimum atomic E-state index is -0.628. The zero-order chi connectivity index (χ0) is 26.0. The number of anilines is 2. The highest BCUT2D eigenvalue weighted by Gasteiger charge is 2.32. The number of benzene rings is 3. The Kier molecular flexibility index (Phi) is 7.09. The van der Waals surface area contributed by atoms with Gasteiger partial charge in [-0.15, -0.1) is 0 Å². The van der Waals surface area contributed by atoms with Crippen LogP contribution in [0.5, 0.6) is 5.75 Å². The Labute approximate surface area is 216 Å². The Morgan fingerprint density at radius 1 is 1.11 bits per heavy atom. The number of amides is 3. The Morgan fingerprint density at radius 2 is 1.86 bits per heavy atom. The molecule has 1 atom stereocenters. The summed E-state index contributed by atoms with van der Waals surface area (Å²) < 4.78 is 5.81. The average molecular weight is 504 g/mol. The van der Waals surface area contributed by atoms with Crippen LogP contribution in [0.15, 0.2) is 73.3 Å². The largest absolute Gasteiger partial charge is 0.479 e. The third-order valence-corrected chi connectivity index (χ3v) is 6.39. The fourth-order valence-corrected chi connectivity index (χ4v) is 4.37. The number of ether oxygens (including phenoxy) is 1. The number of urea groups is 1. The molecule has 3 aromatic carbocycles. The van der Waals surface area contributed by atoms with Crippen LogP contribution >= 0.6 is 11.6 Å². The monoisotopic (exact) mass is 503 g/mol. The molecule has 2 N–H and O–H groups in total. The van der Waals surface area contributed by atoms with Gasteiger partial charge in [-0.05, 0) is 80.8 Å². The third-order valence-electron chi connectivity index (χ3n) is 6.16. The molecule has 1 unspecified atom stereocenters. The molecule has 4 rings (SSSR count). The van der Waals surface area contributed by atoms with Gasteiger partial charge >= 0.3 is 6.03 Å². The van der Waals surface area contributed by atoms with Crippen molar-refractivity contribution in [3.05, 3.63) is 95.0 Å². The van der Waals surface area contributed by atoms with Gasteiger partial charge in [-0.25, -0.2) is 4.79 Å². The van der Waals surface area contributed by atoms with E-state index in [0.29, 0.717) is 28.7 Å². The third kappa shape index (κ3) is 5.55. The van der Waals surface area contributed by atoms with Crippen LogP contribution in [0.2, 0.25) is 5.02 Å². The van der Waals surface area contributed by atoms with Crippen molar-refractivity contribution < 1.29 is 14.3 Å². The van der Waals surface area contributed by atoms with E-state index in [1.165, 1.54) is 0 Å². The molecular weight excluding hydrogens is 474 g/mol. The van der Waals surface area contributed by atoms with Crippen molar-refractivity contribution in [1.82, 2.24) is 5.32 Å². The summed E-state index contributed by atoms with van der Waals surface area (Å²) >= 11 is 6.14. The van der Waals surface area contributed by atoms with Gasteiger partial charge in [-0.1, -0.05) is 54.1 Å². The first-order valence-electron chi connectivity index (χ1n) is 11.8. The van der Waals surface area contributed by atoms with Crippen molar-refractivity contribution in [2.45, 2.75) is 45.9 Å². The molecular formula is C29H30ClN3O3. The fraction of sp³-hybridized carbons (Fsp3) is 0.241. The zero-order valence-electron chi connectivity index (χ0n) is 20.9. The number of carbonyl (C=O) groups excluding carboxylic acids is 2. The highest BCUT2D eigenvalue weighted by molar-refractivity contribution is 6.30. The molecule has 0 fully saturated rings. The predicted octanol–water partition coefficient (Wildman–Crippen LogP) is 6.74. The first-order chi connectivity index (χ1) is 17.0. The summed E-state index contributed by atoms with van der Waals surface area (Å²) in [6, 6.07) is 20.2. The van der Waals surface area contributed by atoms with Crippen LogP contribution in [0.25, 0.3) is 5.57 Å². The van der Waals surface area contributed by atoms with E-state index in [4.69, 9.17) is 16.3 Å². The Bertz CT molecular complexity index is 1330. The van der Waals surface area contributed by atoms with Crippen molar-refractivity contribution in [3.8, 4) is 5.75 Å². The number of hydrogen-bond acceptors (Lipinski definition) is 3. The smallest absolute Gasteiger partial charge is 0.319 e. The second kappa shape index (κ2) is 10.1. The lowest BCUT2D eigenvalue weighted by molar-refractivity contribution is -0.125. The maximum Gasteiger partial charge on any atom is 0.319 e. The molecule has 0 aromatic heterocycles. The molecule has 0 radical (unpaired) electrons. The standard InChI is InChI=1S/C29H30ClN3O3/c1-18(2)21-9-7-10-22(15-21)29(4,5)32-28(35)31-24-12-13-26-25(16-24)33(27(34)19(3)36-26)17-20-8-6-11-23(30)14-20/h6-16,19H,1,17H2,2-5H3,(H2,31,32,35). The van der Waals surface area contributed by atoms with E-state index in [9.17, 15) is 9.59 Å². The van der Waals surface area contributed by atoms with Crippen LogP contribution in [0.3, 0.4) is 0 Å². The van der Waals surface area contributed by atoms with Crippen molar-refractivity contribution >= 4 is 40.5 Å². The molecule has 6 nitrogen and oxygen atoms in total. The molecule has 0 spiro atoms. The van der Waals surface area contributed by atoms with E-state index in [1.54, 1.807) is 36.1 Å². The quantitative estimate of drug-likeness (QED) is 0.391. The summed E-state index contributed by atoms with van der Waals surface area (Å²) in [6.45, 7) is 11.9. The maximum atomic E-state index is 13.0. The van der Waals surface area contributed by atoms with Gasteiger partial charge in [0.1, 0.15) is 5.75 Å². The predicted molar refractivity (Wildman–Crippen MR) is 146 cm³/mol. The van der Waals surface area contributed by atoms with Gasteiger partial charge in [0.15, 0.2) is 6.10 Å². The number of hydrogen-bond donors (Lipinski definition) is 2. The topological polar surface area (TPSA) is 70.7 Å². The van der Waals surface area contributed by atoms with Crippen molar-refractivity contribution in [3.63, 3.8) is 0 Å². The van der Waals surface area contributed by atoms with Crippen LogP contribution in [-0.2, 0) is 16.9 Å². The van der Waals surface area contributed by atoms with Gasteiger partial charge in [0.2, 0.25) is 0 Å². The number of halogens is 1. The molecule has 186 valence electrons. The van der Waals surface area contributed by atoms with Crippen LogP contribution in [0, 0.1) is 0 Å². The van der Waals surface area contributed by atoms with Crippen LogP contribution in [0.4, 0.5) is 16.2 Å². The minimum absolute atomic E-state index is 0.164. The number of carbonyl (C=O) groups is 2. The van der Waals surface area contributed by atoms with Gasteiger partial charge in [0, 0.05) is 10.7 Å². The van der Waals surface area contributed by atoms with E-state index >= 15 is 0 Å². The van der Waals surface area contributed by atoms with Crippen LogP contribution in [-0.4, -0.2) is 18.0 Å². The normalized spacial score (nSPS) is 15.1. The molecule has 3 aromatic rings. The SMILES string of the molecule is C=C(C)c1cccc(C(C)(C)NC(=O)Nc2ccc3c(c2)N(Cc2cccc(Cl)c2)C(=O)C(C)O3)c1. The first kappa shape index (κ1) is 25.3. The van der Waals surface area contributed by atoms with Gasteiger partial charge in [-0.3, -0.25) is 4.79 Å². The second-order valence-corrected chi connectivity index (χ2v) is 10.00. The molecule has 0 saturated heterocycles. The zero-order valence-corrected chi connectivity index (χ0v) is 21.6. The first-order valence-corrected chi connectivity index (χ1v) is 12.1. The molecule has 1 heterocycles. The maximum absolute atomic E-state index is 13.0. The summed E-state index contributed by atoms with van der Waals surface area (Å²) in [7, 11) is 0. The van der Waals surface area contributed by atoms with Crippen molar-refractivity contribution in [1.29, 1.82) is 0 Å². The highest BCUT2D eigenvalue weighted by Crippen LogP contribution is 2.37. The molecule has 0 aliphatic carbocycles. The second-order valence-electron chi connectivity index (χ2n) is 9.56. The number of fused-ring (bicyclic) bond motifs is 1. The fourth-order valence-electron chi connectivity index (χ4n) is 4.16. The van der Waals surface area contributed by atoms with E-state index in [1.807, 2.05) is 63.2 Å². The Morgan fingerprint density at radius 3 is 2.58 bits per heavy atom. The van der Waals surface area contributed by atoms with Crippen molar-refractivity contribution in [2.24, 2.45) is 0 Å². The molecule has 3 amide bonds. The molecule has 36 heavy (non-hydrogen) atoms. The Hall–Kier alpha value is -3.77. The lowest BCUT2D eigenvalue weighted by Crippen LogP contribution is -2.44. The minimum Gasteiger partial charge on any atom is -0.479 e. The number of nitrogens with zero attached hydrogens (tertiary/aromatic N) is 1. The molecule has 1 aliphatic heterocycles. The molecule has 0 saturated carbocycles. The summed E-state index contributed by atoms with van der Waals surface area (Å²) in [5.74, 6) is 0.412. The van der Waals surface area contributed by atoms with E-state index in [2.05, 4.69) is 17.2 Å². The lowest BCUT2D eigenvalue weighted by Gasteiger charge is -2.33. The van der Waals surface area contributed by atoms with Gasteiger partial charge in [0.05, 0.1) is 17.8 Å². The van der Waals surface area contributed by atoms with E-state index in [0.717, 1.165) is 22.3 Å². The summed E-state index contributed by atoms with van der Waals surface area (Å²) in [6.07, 6.45) is -0.616. The molecule has 0 bridgehead atoms. The van der Waals surface area contributed by atoms with Crippen LogP contribution in [0.1, 0.15) is 44.4 Å². The average Bonchev–Trinajstić information content (AvgIpc) is 2.82. The van der Waals surface area contributed by atoms with Gasteiger partial charge in [0.25, 0.3) is 5.91 Å². The van der Waals surface area contributed by atoms with Gasteiger partial charge < -0.3 is 20.3 Å². The number of nitrogens with one attached hydrogen (secondary N) is 2. The van der Waals surface area contributed by atoms with E-state index < -0.39 is 11.6 Å². The molecule has 7 heteroatoms. The highest BCUT2D eigenvalue weighted by atomic mass is 35.5. The van der Waals surface area contributed by atoms with Crippen LogP contribution < -0.4 is 20.3 Å². The molecule has 1 aliphatic rings. The lowest BCUT2D eigenvalue weighted by atomic mass is 9.92. The van der Waals surface area contributed by atoms with E-state index in [-0.39, 0.29) is 11.9 Å². The summed E-state index contributed by atoms with van der Waals surface area (Å²) in [5.41, 5.74) is 4.34. The number of rotatable bonds is 6. The van der Waals surface area contributed by atoms with Crippen molar-refractivity contribution in [2.75, 3.05) is 10.2 Å². The summed E-state index contributed by atoms with van der Waals surface area (Å²) in [4.78, 5) is 27.6. The van der Waals surface area contributed by atoms with Gasteiger partial charge in [-0.2, -0.15) is 0 Å². The number of allylic oxidation sites excluding steroid dienone is 1.